The second-order valence-electron chi connectivity index (χ2n) is 5.82. The number of rotatable bonds is 7. The molecule has 5 heteroatoms. The average Bonchev–Trinajstić information content (AvgIpc) is 2.73. The number of hydrogen-bond donors (Lipinski definition) is 1. The number of methoxy groups -OCH3 is 2. The van der Waals surface area contributed by atoms with Gasteiger partial charge in [0, 0.05) is 11.6 Å². The van der Waals surface area contributed by atoms with Crippen molar-refractivity contribution in [2.75, 3.05) is 19.5 Å². The van der Waals surface area contributed by atoms with Gasteiger partial charge in [-0.1, -0.05) is 30.3 Å². The van der Waals surface area contributed by atoms with Crippen LogP contribution in [0.1, 0.15) is 15.9 Å². The fourth-order valence-corrected chi connectivity index (χ4v) is 2.54. The molecule has 27 heavy (non-hydrogen) atoms. The van der Waals surface area contributed by atoms with E-state index in [1.54, 1.807) is 56.7 Å². The quantitative estimate of drug-likeness (QED) is 0.670. The number of carbonyl (C=O) groups excluding carboxylic acids is 1. The zero-order valence-electron chi connectivity index (χ0n) is 15.3. The maximum absolute atomic E-state index is 12.5. The van der Waals surface area contributed by atoms with E-state index in [-0.39, 0.29) is 5.91 Å². The number of amides is 1. The zero-order valence-corrected chi connectivity index (χ0v) is 15.3. The maximum atomic E-state index is 12.5. The van der Waals surface area contributed by atoms with E-state index in [0.29, 0.717) is 35.1 Å². The van der Waals surface area contributed by atoms with Gasteiger partial charge >= 0.3 is 0 Å². The average molecular weight is 363 g/mol. The zero-order chi connectivity index (χ0) is 19.1. The molecule has 0 radical (unpaired) electrons. The third-order valence-corrected chi connectivity index (χ3v) is 4.02. The summed E-state index contributed by atoms with van der Waals surface area (Å²) in [6, 6.07) is 22.2. The van der Waals surface area contributed by atoms with Crippen molar-refractivity contribution in [3.8, 4) is 17.2 Å². The molecule has 3 aromatic rings. The van der Waals surface area contributed by atoms with Crippen LogP contribution in [0, 0.1) is 0 Å². The molecule has 0 heterocycles. The van der Waals surface area contributed by atoms with Crippen molar-refractivity contribution in [2.24, 2.45) is 0 Å². The van der Waals surface area contributed by atoms with Crippen LogP contribution in [-0.4, -0.2) is 20.1 Å². The Bertz CT molecular complexity index is 892. The molecular formula is C22H21NO4. The Labute approximate surface area is 158 Å². The predicted molar refractivity (Wildman–Crippen MR) is 105 cm³/mol. The van der Waals surface area contributed by atoms with Crippen LogP contribution in [0.3, 0.4) is 0 Å². The minimum Gasteiger partial charge on any atom is -0.497 e. The Hall–Kier alpha value is -3.47. The van der Waals surface area contributed by atoms with Crippen LogP contribution >= 0.6 is 0 Å². The number of nitrogens with one attached hydrogen (secondary N) is 1. The van der Waals surface area contributed by atoms with Crippen LogP contribution in [0.2, 0.25) is 0 Å². The predicted octanol–water partition coefficient (Wildman–Crippen LogP) is 4.54. The Morgan fingerprint density at radius 1 is 0.852 bits per heavy atom. The second kappa shape index (κ2) is 8.76. The van der Waals surface area contributed by atoms with Gasteiger partial charge in [-0.3, -0.25) is 4.79 Å². The number of ether oxygens (including phenoxy) is 3. The SMILES string of the molecule is COc1ccc(NC(=O)c2ccc(OCc3ccccc3)cc2)c(OC)c1. The smallest absolute Gasteiger partial charge is 0.255 e. The van der Waals surface area contributed by atoms with Gasteiger partial charge in [-0.05, 0) is 42.0 Å². The molecule has 0 aliphatic carbocycles. The summed E-state index contributed by atoms with van der Waals surface area (Å²) in [7, 11) is 3.12. The van der Waals surface area contributed by atoms with Gasteiger partial charge in [0.15, 0.2) is 0 Å². The lowest BCUT2D eigenvalue weighted by atomic mass is 10.2. The van der Waals surface area contributed by atoms with Gasteiger partial charge in [0.2, 0.25) is 0 Å². The van der Waals surface area contributed by atoms with Gasteiger partial charge < -0.3 is 19.5 Å². The Balaban J connectivity index is 1.64. The topological polar surface area (TPSA) is 56.8 Å². The molecule has 5 nitrogen and oxygen atoms in total. The number of hydrogen-bond acceptors (Lipinski definition) is 4. The van der Waals surface area contributed by atoms with Crippen LogP contribution in [0.15, 0.2) is 72.8 Å². The fraction of sp³-hybridized carbons (Fsp3) is 0.136. The van der Waals surface area contributed by atoms with Crippen molar-refractivity contribution in [1.29, 1.82) is 0 Å². The molecule has 0 aliphatic rings. The Kier molecular flexibility index (Phi) is 5.94. The summed E-state index contributed by atoms with van der Waals surface area (Å²) in [4.78, 5) is 12.5. The molecule has 3 aromatic carbocycles. The normalized spacial score (nSPS) is 10.1. The molecule has 1 amide bonds. The van der Waals surface area contributed by atoms with E-state index in [9.17, 15) is 4.79 Å². The van der Waals surface area contributed by atoms with Crippen molar-refractivity contribution < 1.29 is 19.0 Å². The third kappa shape index (κ3) is 4.79. The summed E-state index contributed by atoms with van der Waals surface area (Å²) >= 11 is 0. The monoisotopic (exact) mass is 363 g/mol. The summed E-state index contributed by atoms with van der Waals surface area (Å²) in [5.41, 5.74) is 2.19. The molecule has 0 saturated carbocycles. The highest BCUT2D eigenvalue weighted by Crippen LogP contribution is 2.29. The van der Waals surface area contributed by atoms with Gasteiger partial charge in [-0.25, -0.2) is 0 Å². The largest absolute Gasteiger partial charge is 0.497 e. The molecule has 0 spiro atoms. The lowest BCUT2D eigenvalue weighted by Crippen LogP contribution is -2.12. The van der Waals surface area contributed by atoms with E-state index in [2.05, 4.69) is 5.32 Å². The van der Waals surface area contributed by atoms with Gasteiger partial charge in [-0.2, -0.15) is 0 Å². The first-order valence-corrected chi connectivity index (χ1v) is 8.50. The molecule has 0 unspecified atom stereocenters. The van der Waals surface area contributed by atoms with E-state index < -0.39 is 0 Å². The van der Waals surface area contributed by atoms with Crippen LogP contribution < -0.4 is 19.5 Å². The first-order chi connectivity index (χ1) is 13.2. The van der Waals surface area contributed by atoms with Crippen LogP contribution in [-0.2, 0) is 6.61 Å². The van der Waals surface area contributed by atoms with Crippen molar-refractivity contribution in [3.05, 3.63) is 83.9 Å². The van der Waals surface area contributed by atoms with Crippen LogP contribution in [0.5, 0.6) is 17.2 Å². The first-order valence-electron chi connectivity index (χ1n) is 8.50. The van der Waals surface area contributed by atoms with Crippen molar-refractivity contribution in [2.45, 2.75) is 6.61 Å². The van der Waals surface area contributed by atoms with Gasteiger partial charge in [-0.15, -0.1) is 0 Å². The van der Waals surface area contributed by atoms with Gasteiger partial charge in [0.25, 0.3) is 5.91 Å². The van der Waals surface area contributed by atoms with E-state index in [4.69, 9.17) is 14.2 Å². The van der Waals surface area contributed by atoms with Crippen molar-refractivity contribution in [3.63, 3.8) is 0 Å². The standard InChI is InChI=1S/C22H21NO4/c1-25-19-12-13-20(21(14-19)26-2)23-22(24)17-8-10-18(11-9-17)27-15-16-6-4-3-5-7-16/h3-14H,15H2,1-2H3,(H,23,24). The lowest BCUT2D eigenvalue weighted by Gasteiger charge is -2.12. The lowest BCUT2D eigenvalue weighted by molar-refractivity contribution is 0.102. The maximum Gasteiger partial charge on any atom is 0.255 e. The molecule has 138 valence electrons. The number of carbonyl (C=O) groups is 1. The van der Waals surface area contributed by atoms with E-state index in [1.807, 2.05) is 30.3 Å². The fourth-order valence-electron chi connectivity index (χ4n) is 2.54. The highest BCUT2D eigenvalue weighted by atomic mass is 16.5. The number of benzene rings is 3. The first kappa shape index (κ1) is 18.3. The van der Waals surface area contributed by atoms with Crippen LogP contribution in [0.25, 0.3) is 0 Å². The molecule has 0 bridgehead atoms. The van der Waals surface area contributed by atoms with E-state index >= 15 is 0 Å². The molecule has 1 N–H and O–H groups in total. The summed E-state index contributed by atoms with van der Waals surface area (Å²) in [5, 5.41) is 2.85. The molecule has 0 atom stereocenters. The van der Waals surface area contributed by atoms with E-state index in [1.165, 1.54) is 0 Å². The summed E-state index contributed by atoms with van der Waals surface area (Å²) in [5.74, 6) is 1.67. The Morgan fingerprint density at radius 3 is 2.22 bits per heavy atom. The molecular weight excluding hydrogens is 342 g/mol. The van der Waals surface area contributed by atoms with Crippen molar-refractivity contribution >= 4 is 11.6 Å². The molecule has 0 aromatic heterocycles. The summed E-state index contributed by atoms with van der Waals surface area (Å²) in [6.07, 6.45) is 0. The minimum atomic E-state index is -0.229. The second-order valence-corrected chi connectivity index (χ2v) is 5.82. The van der Waals surface area contributed by atoms with Crippen molar-refractivity contribution in [1.82, 2.24) is 0 Å². The molecule has 3 rings (SSSR count). The summed E-state index contributed by atoms with van der Waals surface area (Å²) < 4.78 is 16.2. The highest BCUT2D eigenvalue weighted by molar-refractivity contribution is 6.05. The molecule has 0 saturated heterocycles. The highest BCUT2D eigenvalue weighted by Gasteiger charge is 2.11. The van der Waals surface area contributed by atoms with Crippen LogP contribution in [0.4, 0.5) is 5.69 Å². The molecule has 0 aliphatic heterocycles. The van der Waals surface area contributed by atoms with Gasteiger partial charge in [0.05, 0.1) is 19.9 Å². The van der Waals surface area contributed by atoms with Gasteiger partial charge in [0.1, 0.15) is 23.9 Å². The summed E-state index contributed by atoms with van der Waals surface area (Å²) in [6.45, 7) is 0.482. The molecule has 0 fully saturated rings. The minimum absolute atomic E-state index is 0.229. The number of anilines is 1. The Morgan fingerprint density at radius 2 is 1.56 bits per heavy atom. The van der Waals surface area contributed by atoms with E-state index in [0.717, 1.165) is 5.56 Å². The third-order valence-electron chi connectivity index (χ3n) is 4.02.